The van der Waals surface area contributed by atoms with Gasteiger partial charge >= 0.3 is 5.97 Å². The highest BCUT2D eigenvalue weighted by atomic mass is 16.5. The summed E-state index contributed by atoms with van der Waals surface area (Å²) >= 11 is 0. The zero-order chi connectivity index (χ0) is 15.0. The molecule has 1 heterocycles. The second-order valence-electron chi connectivity index (χ2n) is 5.90. The van der Waals surface area contributed by atoms with E-state index >= 15 is 0 Å². The van der Waals surface area contributed by atoms with Gasteiger partial charge in [0.05, 0.1) is 19.1 Å². The molecular weight excluding hydrogens is 270 g/mol. The average molecular weight is 289 g/mol. The van der Waals surface area contributed by atoms with Crippen molar-refractivity contribution in [1.82, 2.24) is 4.90 Å². The van der Waals surface area contributed by atoms with Crippen LogP contribution in [0.4, 0.5) is 0 Å². The molecule has 2 aliphatic rings. The Morgan fingerprint density at radius 2 is 2.05 bits per heavy atom. The van der Waals surface area contributed by atoms with E-state index in [1.807, 2.05) is 18.2 Å². The van der Waals surface area contributed by atoms with Crippen LogP contribution in [0.1, 0.15) is 41.3 Å². The smallest absolute Gasteiger partial charge is 0.308 e. The molecule has 0 radical (unpaired) electrons. The van der Waals surface area contributed by atoms with E-state index in [0.717, 1.165) is 24.0 Å². The fraction of sp³-hybridized carbons (Fsp3) is 0.500. The molecule has 3 rings (SSSR count). The maximum Gasteiger partial charge on any atom is 0.308 e. The van der Waals surface area contributed by atoms with E-state index < -0.39 is 11.9 Å². The molecule has 1 amide bonds. The van der Waals surface area contributed by atoms with Crippen molar-refractivity contribution in [1.29, 1.82) is 0 Å². The van der Waals surface area contributed by atoms with Crippen LogP contribution in [0.2, 0.25) is 0 Å². The van der Waals surface area contributed by atoms with Gasteiger partial charge in [-0.25, -0.2) is 0 Å². The van der Waals surface area contributed by atoms with Crippen molar-refractivity contribution in [2.75, 3.05) is 6.54 Å². The standard InChI is InChI=1S/C16H19NO4/c1-10(16(19)20)7-17(14-4-5-14)15(18)11-2-3-12-8-21-9-13(12)6-11/h2-3,6,10,14H,4-5,7-9H2,1H3,(H,19,20). The first-order valence-electron chi connectivity index (χ1n) is 7.29. The molecule has 0 bridgehead atoms. The lowest BCUT2D eigenvalue weighted by Gasteiger charge is -2.24. The lowest BCUT2D eigenvalue weighted by atomic mass is 10.0. The van der Waals surface area contributed by atoms with Crippen molar-refractivity contribution in [3.63, 3.8) is 0 Å². The molecule has 21 heavy (non-hydrogen) atoms. The Hall–Kier alpha value is -1.88. The lowest BCUT2D eigenvalue weighted by molar-refractivity contribution is -0.141. The molecule has 1 unspecified atom stereocenters. The van der Waals surface area contributed by atoms with Crippen molar-refractivity contribution >= 4 is 11.9 Å². The molecule has 1 N–H and O–H groups in total. The molecule has 1 atom stereocenters. The number of hydrogen-bond donors (Lipinski definition) is 1. The molecule has 1 aromatic carbocycles. The SMILES string of the molecule is CC(CN(C(=O)c1ccc2c(c1)COC2)C1CC1)C(=O)O. The largest absolute Gasteiger partial charge is 0.481 e. The minimum absolute atomic E-state index is 0.0692. The van der Waals surface area contributed by atoms with E-state index in [4.69, 9.17) is 9.84 Å². The summed E-state index contributed by atoms with van der Waals surface area (Å²) in [5.74, 6) is -1.48. The molecule has 1 aromatic rings. The molecule has 1 aliphatic heterocycles. The Labute approximate surface area is 123 Å². The number of fused-ring (bicyclic) bond motifs is 1. The third-order valence-corrected chi connectivity index (χ3v) is 4.11. The number of amides is 1. The van der Waals surface area contributed by atoms with Gasteiger partial charge in [0.2, 0.25) is 0 Å². The summed E-state index contributed by atoms with van der Waals surface area (Å²) in [5, 5.41) is 9.06. The van der Waals surface area contributed by atoms with Crippen molar-refractivity contribution in [2.24, 2.45) is 5.92 Å². The van der Waals surface area contributed by atoms with Gasteiger partial charge < -0.3 is 14.7 Å². The molecule has 0 aromatic heterocycles. The summed E-state index contributed by atoms with van der Waals surface area (Å²) < 4.78 is 5.36. The fourth-order valence-corrected chi connectivity index (χ4v) is 2.63. The molecule has 112 valence electrons. The summed E-state index contributed by atoms with van der Waals surface area (Å²) in [5.41, 5.74) is 2.81. The van der Waals surface area contributed by atoms with Crippen molar-refractivity contribution in [2.45, 2.75) is 39.0 Å². The number of ether oxygens (including phenoxy) is 1. The van der Waals surface area contributed by atoms with E-state index in [9.17, 15) is 9.59 Å². The number of hydrogen-bond acceptors (Lipinski definition) is 3. The molecule has 5 nitrogen and oxygen atoms in total. The summed E-state index contributed by atoms with van der Waals surface area (Å²) in [6, 6.07) is 5.83. The lowest BCUT2D eigenvalue weighted by Crippen LogP contribution is -2.38. The van der Waals surface area contributed by atoms with Gasteiger partial charge in [0.1, 0.15) is 0 Å². The molecule has 5 heteroatoms. The van der Waals surface area contributed by atoms with Crippen LogP contribution in [0.15, 0.2) is 18.2 Å². The van der Waals surface area contributed by atoms with Crippen LogP contribution in [0.25, 0.3) is 0 Å². The van der Waals surface area contributed by atoms with Crippen molar-refractivity contribution < 1.29 is 19.4 Å². The molecule has 1 fully saturated rings. The highest BCUT2D eigenvalue weighted by Gasteiger charge is 2.35. The normalized spacial score (nSPS) is 18.1. The number of carboxylic acid groups (broad SMARTS) is 1. The highest BCUT2D eigenvalue weighted by Crippen LogP contribution is 2.30. The van der Waals surface area contributed by atoms with Crippen molar-refractivity contribution in [3.05, 3.63) is 34.9 Å². The molecular formula is C16H19NO4. The van der Waals surface area contributed by atoms with Gasteiger partial charge in [0, 0.05) is 18.2 Å². The predicted molar refractivity (Wildman–Crippen MR) is 75.8 cm³/mol. The van der Waals surface area contributed by atoms with Gasteiger partial charge in [-0.2, -0.15) is 0 Å². The predicted octanol–water partition coefficient (Wildman–Crippen LogP) is 2.04. The third kappa shape index (κ3) is 2.93. The van der Waals surface area contributed by atoms with Crippen LogP contribution in [0.3, 0.4) is 0 Å². The number of rotatable bonds is 5. The van der Waals surface area contributed by atoms with E-state index in [-0.39, 0.29) is 18.5 Å². The summed E-state index contributed by atoms with van der Waals surface area (Å²) in [4.78, 5) is 25.4. The van der Waals surface area contributed by atoms with E-state index in [0.29, 0.717) is 18.8 Å². The van der Waals surface area contributed by atoms with Crippen molar-refractivity contribution in [3.8, 4) is 0 Å². The quantitative estimate of drug-likeness (QED) is 0.900. The first-order chi connectivity index (χ1) is 10.1. The van der Waals surface area contributed by atoms with Crippen LogP contribution >= 0.6 is 0 Å². The Kier molecular flexibility index (Phi) is 3.68. The van der Waals surface area contributed by atoms with Gasteiger partial charge in [0.15, 0.2) is 0 Å². The van der Waals surface area contributed by atoms with E-state index in [1.54, 1.807) is 11.8 Å². The summed E-state index contributed by atoms with van der Waals surface area (Å²) in [6.07, 6.45) is 1.93. The summed E-state index contributed by atoms with van der Waals surface area (Å²) in [7, 11) is 0. The second kappa shape index (κ2) is 5.48. The Balaban J connectivity index is 1.79. The second-order valence-corrected chi connectivity index (χ2v) is 5.90. The Bertz CT molecular complexity index is 580. The maximum atomic E-state index is 12.7. The van der Waals surface area contributed by atoms with Crippen LogP contribution in [0.5, 0.6) is 0 Å². The maximum absolute atomic E-state index is 12.7. The van der Waals surface area contributed by atoms with E-state index in [2.05, 4.69) is 0 Å². The fourth-order valence-electron chi connectivity index (χ4n) is 2.63. The number of carboxylic acids is 1. The first-order valence-corrected chi connectivity index (χ1v) is 7.29. The number of carbonyl (C=O) groups excluding carboxylic acids is 1. The minimum Gasteiger partial charge on any atom is -0.481 e. The number of benzene rings is 1. The van der Waals surface area contributed by atoms with Gasteiger partial charge in [-0.05, 0) is 36.1 Å². The van der Waals surface area contributed by atoms with Crippen LogP contribution < -0.4 is 0 Å². The topological polar surface area (TPSA) is 66.8 Å². The molecule has 1 aliphatic carbocycles. The van der Waals surface area contributed by atoms with Gasteiger partial charge in [-0.15, -0.1) is 0 Å². The number of aliphatic carboxylic acids is 1. The van der Waals surface area contributed by atoms with E-state index in [1.165, 1.54) is 0 Å². The highest BCUT2D eigenvalue weighted by molar-refractivity contribution is 5.95. The van der Waals surface area contributed by atoms with Gasteiger partial charge in [0.25, 0.3) is 5.91 Å². The van der Waals surface area contributed by atoms with Crippen LogP contribution in [0, 0.1) is 5.92 Å². The molecule has 0 spiro atoms. The van der Waals surface area contributed by atoms with Crippen LogP contribution in [-0.2, 0) is 22.7 Å². The Morgan fingerprint density at radius 3 is 2.71 bits per heavy atom. The molecule has 1 saturated carbocycles. The number of nitrogens with zero attached hydrogens (tertiary/aromatic N) is 1. The zero-order valence-electron chi connectivity index (χ0n) is 12.0. The zero-order valence-corrected chi connectivity index (χ0v) is 12.0. The first kappa shape index (κ1) is 14.1. The Morgan fingerprint density at radius 1 is 1.33 bits per heavy atom. The van der Waals surface area contributed by atoms with Gasteiger partial charge in [-0.3, -0.25) is 9.59 Å². The van der Waals surface area contributed by atoms with Crippen LogP contribution in [-0.4, -0.2) is 34.5 Å². The molecule has 0 saturated heterocycles. The van der Waals surface area contributed by atoms with Gasteiger partial charge in [-0.1, -0.05) is 13.0 Å². The summed E-state index contributed by atoms with van der Waals surface area (Å²) in [6.45, 7) is 3.06. The monoisotopic (exact) mass is 289 g/mol. The minimum atomic E-state index is -0.865. The third-order valence-electron chi connectivity index (χ3n) is 4.11. The number of carbonyl (C=O) groups is 2. The average Bonchev–Trinajstić information content (AvgIpc) is 3.20.